The topological polar surface area (TPSA) is 12.0 Å². The van der Waals surface area contributed by atoms with E-state index in [0.717, 1.165) is 11.3 Å². The van der Waals surface area contributed by atoms with Gasteiger partial charge in [-0.2, -0.15) is 0 Å². The summed E-state index contributed by atoms with van der Waals surface area (Å²) in [5.41, 5.74) is 2.06. The summed E-state index contributed by atoms with van der Waals surface area (Å²) >= 11 is 3.06. The molecule has 0 saturated heterocycles. The van der Waals surface area contributed by atoms with Crippen molar-refractivity contribution < 1.29 is 0 Å². The number of hydrogen-bond donors (Lipinski definition) is 1. The molecule has 56 valence electrons. The Morgan fingerprint density at radius 3 is 2.73 bits per heavy atom. The number of anilines is 1. The number of nitrogens with one attached hydrogen (secondary N) is 1. The molecule has 2 heteroatoms. The average molecular weight is 210 g/mol. The van der Waals surface area contributed by atoms with Crippen molar-refractivity contribution in [2.24, 2.45) is 0 Å². The van der Waals surface area contributed by atoms with E-state index in [1.807, 2.05) is 31.3 Å². The van der Waals surface area contributed by atoms with Crippen LogP contribution >= 0.6 is 15.9 Å². The molecule has 1 nitrogen and oxygen atoms in total. The Bertz CT molecular complexity index is 296. The molecule has 0 unspecified atom stereocenters. The molecule has 0 amide bonds. The fourth-order valence-corrected chi connectivity index (χ4v) is 1.07. The van der Waals surface area contributed by atoms with Crippen LogP contribution in [-0.4, -0.2) is 7.05 Å². The summed E-state index contributed by atoms with van der Waals surface area (Å²) in [5, 5.41) is 3.06. The second-order valence-electron chi connectivity index (χ2n) is 2.02. The monoisotopic (exact) mass is 209 g/mol. The Morgan fingerprint density at radius 2 is 2.09 bits per heavy atom. The minimum Gasteiger partial charge on any atom is -0.387 e. The summed E-state index contributed by atoms with van der Waals surface area (Å²) in [5.74, 6) is 2.93. The third-order valence-corrected chi connectivity index (χ3v) is 1.58. The fourth-order valence-electron chi connectivity index (χ4n) is 0.861. The second-order valence-corrected chi connectivity index (χ2v) is 2.41. The molecular formula is C9H8BrN. The van der Waals surface area contributed by atoms with Crippen LogP contribution in [0.5, 0.6) is 0 Å². The zero-order valence-corrected chi connectivity index (χ0v) is 7.77. The van der Waals surface area contributed by atoms with Crippen LogP contribution in [0.15, 0.2) is 24.3 Å². The summed E-state index contributed by atoms with van der Waals surface area (Å²) in [6.45, 7) is 0. The lowest BCUT2D eigenvalue weighted by molar-refractivity contribution is 1.49. The zero-order chi connectivity index (χ0) is 8.10. The molecule has 1 aromatic carbocycles. The highest BCUT2D eigenvalue weighted by molar-refractivity contribution is 9.12. The lowest BCUT2D eigenvalue weighted by Crippen LogP contribution is -1.90. The summed E-state index contributed by atoms with van der Waals surface area (Å²) in [6, 6.07) is 7.91. The van der Waals surface area contributed by atoms with Crippen molar-refractivity contribution in [1.82, 2.24) is 0 Å². The maximum atomic E-state index is 3.06. The van der Waals surface area contributed by atoms with E-state index in [0.29, 0.717) is 0 Å². The molecule has 0 aliphatic heterocycles. The van der Waals surface area contributed by atoms with Crippen LogP contribution < -0.4 is 5.32 Å². The number of para-hydroxylation sites is 1. The quantitative estimate of drug-likeness (QED) is 0.702. The largest absolute Gasteiger partial charge is 0.387 e. The first-order valence-electron chi connectivity index (χ1n) is 3.27. The molecule has 0 radical (unpaired) electrons. The normalized spacial score (nSPS) is 8.18. The van der Waals surface area contributed by atoms with E-state index in [1.54, 1.807) is 0 Å². The fraction of sp³-hybridized carbons (Fsp3) is 0.111. The molecular weight excluding hydrogens is 202 g/mol. The summed E-state index contributed by atoms with van der Waals surface area (Å²) in [7, 11) is 1.88. The number of benzene rings is 1. The highest BCUT2D eigenvalue weighted by atomic mass is 79.9. The van der Waals surface area contributed by atoms with E-state index >= 15 is 0 Å². The van der Waals surface area contributed by atoms with E-state index in [-0.39, 0.29) is 0 Å². The Kier molecular flexibility index (Phi) is 3.00. The lowest BCUT2D eigenvalue weighted by Gasteiger charge is -2.00. The van der Waals surface area contributed by atoms with Crippen molar-refractivity contribution in [2.45, 2.75) is 0 Å². The average Bonchev–Trinajstić information content (AvgIpc) is 2.06. The third-order valence-electron chi connectivity index (χ3n) is 1.38. The molecule has 0 aliphatic carbocycles. The van der Waals surface area contributed by atoms with Crippen LogP contribution in [0.25, 0.3) is 0 Å². The lowest BCUT2D eigenvalue weighted by atomic mass is 10.2. The van der Waals surface area contributed by atoms with Crippen LogP contribution in [0, 0.1) is 10.8 Å². The second kappa shape index (κ2) is 4.05. The van der Waals surface area contributed by atoms with Gasteiger partial charge >= 0.3 is 0 Å². The first-order chi connectivity index (χ1) is 5.38. The number of halogens is 1. The summed E-state index contributed by atoms with van der Waals surface area (Å²) < 4.78 is 0. The molecule has 0 fully saturated rings. The predicted molar refractivity (Wildman–Crippen MR) is 51.8 cm³/mol. The SMILES string of the molecule is CNc1ccccc1C#CBr. The van der Waals surface area contributed by atoms with E-state index in [9.17, 15) is 0 Å². The molecule has 0 spiro atoms. The summed E-state index contributed by atoms with van der Waals surface area (Å²) in [6.07, 6.45) is 0. The van der Waals surface area contributed by atoms with Gasteiger partial charge in [-0.25, -0.2) is 0 Å². The van der Waals surface area contributed by atoms with Crippen molar-refractivity contribution in [3.05, 3.63) is 29.8 Å². The van der Waals surface area contributed by atoms with Gasteiger partial charge in [0.2, 0.25) is 0 Å². The van der Waals surface area contributed by atoms with E-state index in [1.165, 1.54) is 0 Å². The van der Waals surface area contributed by atoms with Gasteiger partial charge in [0.1, 0.15) is 0 Å². The minimum absolute atomic E-state index is 1.01. The van der Waals surface area contributed by atoms with Crippen molar-refractivity contribution in [3.63, 3.8) is 0 Å². The molecule has 1 aromatic rings. The van der Waals surface area contributed by atoms with Gasteiger partial charge < -0.3 is 5.32 Å². The smallest absolute Gasteiger partial charge is 0.0497 e. The van der Waals surface area contributed by atoms with Gasteiger partial charge in [0.05, 0.1) is 0 Å². The minimum atomic E-state index is 1.01. The van der Waals surface area contributed by atoms with Gasteiger partial charge in [-0.3, -0.25) is 0 Å². The highest BCUT2D eigenvalue weighted by Gasteiger charge is 1.92. The number of rotatable bonds is 1. The standard InChI is InChI=1S/C9H8BrN/c1-11-9-5-3-2-4-8(9)6-7-10/h2-5,11H,1H3. The molecule has 11 heavy (non-hydrogen) atoms. The Morgan fingerprint density at radius 1 is 1.36 bits per heavy atom. The molecule has 0 aliphatic rings. The molecule has 0 heterocycles. The zero-order valence-electron chi connectivity index (χ0n) is 6.19. The Hall–Kier alpha value is -0.940. The van der Waals surface area contributed by atoms with Gasteiger partial charge in [-0.15, -0.1) is 0 Å². The van der Waals surface area contributed by atoms with Crippen molar-refractivity contribution >= 4 is 21.6 Å². The molecule has 0 atom stereocenters. The van der Waals surface area contributed by atoms with Crippen LogP contribution in [-0.2, 0) is 0 Å². The van der Waals surface area contributed by atoms with Crippen molar-refractivity contribution in [3.8, 4) is 10.8 Å². The molecule has 0 saturated carbocycles. The third kappa shape index (κ3) is 1.99. The first-order valence-corrected chi connectivity index (χ1v) is 4.06. The van der Waals surface area contributed by atoms with E-state index in [4.69, 9.17) is 0 Å². The maximum Gasteiger partial charge on any atom is 0.0497 e. The molecule has 1 N–H and O–H groups in total. The van der Waals surface area contributed by atoms with Gasteiger partial charge in [-0.1, -0.05) is 18.1 Å². The first kappa shape index (κ1) is 8.16. The van der Waals surface area contributed by atoms with Crippen LogP contribution in [0.1, 0.15) is 5.56 Å². The van der Waals surface area contributed by atoms with E-state index in [2.05, 4.69) is 32.0 Å². The molecule has 0 bridgehead atoms. The van der Waals surface area contributed by atoms with Crippen LogP contribution in [0.3, 0.4) is 0 Å². The van der Waals surface area contributed by atoms with Crippen LogP contribution in [0.2, 0.25) is 0 Å². The number of hydrogen-bond acceptors (Lipinski definition) is 1. The molecule has 1 rings (SSSR count). The van der Waals surface area contributed by atoms with Gasteiger partial charge in [-0.05, 0) is 17.0 Å². The van der Waals surface area contributed by atoms with Crippen LogP contribution in [0.4, 0.5) is 5.69 Å². The van der Waals surface area contributed by atoms with E-state index < -0.39 is 0 Å². The Balaban J connectivity index is 3.09. The van der Waals surface area contributed by atoms with Gasteiger partial charge in [0.15, 0.2) is 0 Å². The summed E-state index contributed by atoms with van der Waals surface area (Å²) in [4.78, 5) is 2.68. The van der Waals surface area contributed by atoms with Crippen molar-refractivity contribution in [1.29, 1.82) is 0 Å². The van der Waals surface area contributed by atoms with Crippen molar-refractivity contribution in [2.75, 3.05) is 12.4 Å². The predicted octanol–water partition coefficient (Wildman–Crippen LogP) is 2.43. The Labute approximate surface area is 74.9 Å². The highest BCUT2D eigenvalue weighted by Crippen LogP contribution is 2.12. The maximum absolute atomic E-state index is 3.06. The van der Waals surface area contributed by atoms with Gasteiger partial charge in [0.25, 0.3) is 0 Å². The molecule has 0 aromatic heterocycles. The van der Waals surface area contributed by atoms with Gasteiger partial charge in [0, 0.05) is 34.2 Å².